The summed E-state index contributed by atoms with van der Waals surface area (Å²) in [5.74, 6) is 1.45. The lowest BCUT2D eigenvalue weighted by molar-refractivity contribution is -0.136. The average molecular weight is 467 g/mol. The maximum absolute atomic E-state index is 14.2. The summed E-state index contributed by atoms with van der Waals surface area (Å²) in [7, 11) is 0. The number of nitrogens with one attached hydrogen (secondary N) is 1. The lowest BCUT2D eigenvalue weighted by atomic mass is 9.73. The van der Waals surface area contributed by atoms with E-state index in [0.29, 0.717) is 19.1 Å². The lowest BCUT2D eigenvalue weighted by Crippen LogP contribution is -2.52. The van der Waals surface area contributed by atoms with E-state index in [-0.39, 0.29) is 23.2 Å². The number of fused-ring (bicyclic) bond motifs is 1. The van der Waals surface area contributed by atoms with Crippen molar-refractivity contribution in [3.8, 4) is 5.75 Å². The summed E-state index contributed by atoms with van der Waals surface area (Å²) in [6, 6.07) is 15.3. The van der Waals surface area contributed by atoms with Gasteiger partial charge in [-0.2, -0.15) is 0 Å². The van der Waals surface area contributed by atoms with Gasteiger partial charge in [-0.1, -0.05) is 56.7 Å². The highest BCUT2D eigenvalue weighted by molar-refractivity contribution is 5.83. The fraction of sp³-hybridized carbons (Fsp3) is 0.552. The van der Waals surface area contributed by atoms with E-state index < -0.39 is 0 Å². The fourth-order valence-corrected chi connectivity index (χ4v) is 5.49. The van der Waals surface area contributed by atoms with Gasteiger partial charge in [-0.05, 0) is 75.2 Å². The van der Waals surface area contributed by atoms with E-state index in [1.807, 2.05) is 24.3 Å². The molecule has 0 bridgehead atoms. The van der Waals surface area contributed by atoms with Crippen LogP contribution in [-0.4, -0.2) is 36.5 Å². The highest BCUT2D eigenvalue weighted by Gasteiger charge is 2.41. The molecule has 1 fully saturated rings. The van der Waals surface area contributed by atoms with E-state index >= 15 is 0 Å². The van der Waals surface area contributed by atoms with Crippen molar-refractivity contribution in [2.45, 2.75) is 71.4 Å². The first kappa shape index (κ1) is 24.7. The fourth-order valence-electron chi connectivity index (χ4n) is 5.49. The van der Waals surface area contributed by atoms with Crippen LogP contribution in [0, 0.1) is 17.2 Å². The molecule has 0 unspecified atom stereocenters. The molecule has 1 saturated heterocycles. The Morgan fingerprint density at radius 1 is 1.06 bits per heavy atom. The molecule has 0 saturated carbocycles. The Balaban J connectivity index is 1.47. The number of likely N-dealkylation sites (tertiary alicyclic amines) is 1. The summed E-state index contributed by atoms with van der Waals surface area (Å²) in [6.45, 7) is 7.10. The zero-order chi connectivity index (χ0) is 24.0. The lowest BCUT2D eigenvalue weighted by Gasteiger charge is -2.42. The number of benzene rings is 2. The summed E-state index contributed by atoms with van der Waals surface area (Å²) < 4.78 is 20.4. The summed E-state index contributed by atoms with van der Waals surface area (Å²) >= 11 is 0. The van der Waals surface area contributed by atoms with Crippen LogP contribution in [0.3, 0.4) is 0 Å². The molecule has 2 heterocycles. The minimum absolute atomic E-state index is 0.00620. The number of halogens is 1. The van der Waals surface area contributed by atoms with Gasteiger partial charge in [-0.3, -0.25) is 9.69 Å². The molecule has 2 aliphatic rings. The second-order valence-electron chi connectivity index (χ2n) is 10.6. The van der Waals surface area contributed by atoms with Gasteiger partial charge in [0.15, 0.2) is 0 Å². The number of rotatable bonds is 4. The third-order valence-electron chi connectivity index (χ3n) is 7.50. The third kappa shape index (κ3) is 6.18. The number of para-hydroxylation sites is 1. The number of carbonyl (C=O) groups is 1. The molecule has 0 aromatic heterocycles. The zero-order valence-electron chi connectivity index (χ0n) is 20.7. The molecule has 1 atom stereocenters. The molecule has 0 radical (unpaired) electrons. The molecule has 1 N–H and O–H groups in total. The van der Waals surface area contributed by atoms with Crippen molar-refractivity contribution in [2.75, 3.05) is 19.7 Å². The van der Waals surface area contributed by atoms with E-state index in [9.17, 15) is 9.18 Å². The number of hydrogen-bond donors (Lipinski definition) is 1. The summed E-state index contributed by atoms with van der Waals surface area (Å²) in [5.41, 5.74) is 1.64. The van der Waals surface area contributed by atoms with Crippen molar-refractivity contribution in [1.29, 1.82) is 0 Å². The van der Waals surface area contributed by atoms with Crippen LogP contribution in [0.5, 0.6) is 5.75 Å². The number of hydrogen-bond acceptors (Lipinski definition) is 3. The molecule has 4 rings (SSSR count). The van der Waals surface area contributed by atoms with E-state index in [4.69, 9.17) is 4.74 Å². The smallest absolute Gasteiger partial charge is 0.226 e. The van der Waals surface area contributed by atoms with E-state index in [1.54, 1.807) is 6.07 Å². The standard InChI is InChI=1S/C29H39FN2O2/c1-22(2)19-25-21-34-27-13-6-4-9-23(27)10-7-8-14-29(28(33)31-25)15-17-32(18-16-29)20-24-11-3-5-12-26(24)30/h3-6,9,11-13,22,25H,7-8,10,14-21H2,1-2H3,(H,31,33)/t25-/m0/s1. The monoisotopic (exact) mass is 466 g/mol. The second-order valence-corrected chi connectivity index (χ2v) is 10.6. The van der Waals surface area contributed by atoms with Gasteiger partial charge in [0.1, 0.15) is 18.2 Å². The quantitative estimate of drug-likeness (QED) is 0.624. The number of aryl methyl sites for hydroxylation is 1. The Labute approximate surface area is 203 Å². The molecular formula is C29H39FN2O2. The Kier molecular flexibility index (Phi) is 8.25. The first-order chi connectivity index (χ1) is 16.4. The van der Waals surface area contributed by atoms with Crippen LogP contribution in [-0.2, 0) is 17.8 Å². The highest BCUT2D eigenvalue weighted by atomic mass is 19.1. The SMILES string of the molecule is CC(C)C[C@H]1COc2ccccc2CCCCC2(CCN(Cc3ccccc3F)CC2)C(=O)N1. The molecule has 1 spiro atoms. The number of amides is 1. The third-order valence-corrected chi connectivity index (χ3v) is 7.50. The molecule has 1 amide bonds. The maximum Gasteiger partial charge on any atom is 0.226 e. The van der Waals surface area contributed by atoms with Gasteiger partial charge in [-0.15, -0.1) is 0 Å². The Morgan fingerprint density at radius 3 is 2.56 bits per heavy atom. The van der Waals surface area contributed by atoms with E-state index in [1.165, 1.54) is 11.6 Å². The van der Waals surface area contributed by atoms with Crippen molar-refractivity contribution in [3.05, 3.63) is 65.5 Å². The Hall–Kier alpha value is -2.40. The van der Waals surface area contributed by atoms with Gasteiger partial charge in [0, 0.05) is 12.1 Å². The van der Waals surface area contributed by atoms with Gasteiger partial charge in [-0.25, -0.2) is 4.39 Å². The number of ether oxygens (including phenoxy) is 1. The predicted octanol–water partition coefficient (Wildman–Crippen LogP) is 5.74. The molecule has 2 aliphatic heterocycles. The van der Waals surface area contributed by atoms with Crippen molar-refractivity contribution in [1.82, 2.24) is 10.2 Å². The van der Waals surface area contributed by atoms with Crippen LogP contribution in [0.2, 0.25) is 0 Å². The number of piperidine rings is 1. The number of carbonyl (C=O) groups excluding carboxylic acids is 1. The summed E-state index contributed by atoms with van der Waals surface area (Å²) in [6.07, 6.45) is 6.47. The van der Waals surface area contributed by atoms with Crippen molar-refractivity contribution in [3.63, 3.8) is 0 Å². The van der Waals surface area contributed by atoms with Crippen LogP contribution in [0.15, 0.2) is 48.5 Å². The zero-order valence-corrected chi connectivity index (χ0v) is 20.7. The second kappa shape index (κ2) is 11.4. The molecule has 2 aromatic carbocycles. The minimum atomic E-state index is -0.348. The van der Waals surface area contributed by atoms with Crippen LogP contribution in [0.1, 0.15) is 63.5 Å². The van der Waals surface area contributed by atoms with Gasteiger partial charge < -0.3 is 10.1 Å². The van der Waals surface area contributed by atoms with Crippen LogP contribution in [0.25, 0.3) is 0 Å². The minimum Gasteiger partial charge on any atom is -0.491 e. The van der Waals surface area contributed by atoms with Gasteiger partial charge in [0.05, 0.1) is 11.5 Å². The summed E-state index contributed by atoms with van der Waals surface area (Å²) in [5, 5.41) is 3.39. The van der Waals surface area contributed by atoms with Gasteiger partial charge in [0.2, 0.25) is 5.91 Å². The molecule has 34 heavy (non-hydrogen) atoms. The van der Waals surface area contributed by atoms with Crippen molar-refractivity contribution in [2.24, 2.45) is 11.3 Å². The predicted molar refractivity (Wildman–Crippen MR) is 134 cm³/mol. The van der Waals surface area contributed by atoms with E-state index in [2.05, 4.69) is 36.2 Å². The molecule has 5 heteroatoms. The molecule has 4 nitrogen and oxygen atoms in total. The van der Waals surface area contributed by atoms with Crippen LogP contribution < -0.4 is 10.1 Å². The van der Waals surface area contributed by atoms with Gasteiger partial charge >= 0.3 is 0 Å². The molecule has 0 aliphatic carbocycles. The molecule has 184 valence electrons. The van der Waals surface area contributed by atoms with Crippen molar-refractivity contribution < 1.29 is 13.9 Å². The normalized spacial score (nSPS) is 21.8. The highest BCUT2D eigenvalue weighted by Crippen LogP contribution is 2.38. The average Bonchev–Trinajstić information content (AvgIpc) is 2.82. The maximum atomic E-state index is 14.2. The first-order valence-corrected chi connectivity index (χ1v) is 12.9. The Bertz CT molecular complexity index is 953. The van der Waals surface area contributed by atoms with Gasteiger partial charge in [0.25, 0.3) is 0 Å². The van der Waals surface area contributed by atoms with E-state index in [0.717, 1.165) is 69.3 Å². The molecule has 2 aromatic rings. The summed E-state index contributed by atoms with van der Waals surface area (Å²) in [4.78, 5) is 16.0. The number of nitrogens with zero attached hydrogens (tertiary/aromatic N) is 1. The van der Waals surface area contributed by atoms with Crippen LogP contribution in [0.4, 0.5) is 4.39 Å². The largest absolute Gasteiger partial charge is 0.491 e. The van der Waals surface area contributed by atoms with Crippen molar-refractivity contribution >= 4 is 5.91 Å². The first-order valence-electron chi connectivity index (χ1n) is 12.9. The van der Waals surface area contributed by atoms with Crippen LogP contribution >= 0.6 is 0 Å². The topological polar surface area (TPSA) is 41.6 Å². The molecular weight excluding hydrogens is 427 g/mol. The Morgan fingerprint density at radius 2 is 1.79 bits per heavy atom.